The molecule has 0 spiro atoms. The zero-order valence-corrected chi connectivity index (χ0v) is 13.2. The summed E-state index contributed by atoms with van der Waals surface area (Å²) in [4.78, 5) is 22.9. The molecule has 4 heteroatoms. The van der Waals surface area contributed by atoms with E-state index in [9.17, 15) is 9.59 Å². The predicted molar refractivity (Wildman–Crippen MR) is 81.8 cm³/mol. The van der Waals surface area contributed by atoms with Crippen LogP contribution in [0.2, 0.25) is 0 Å². The first-order valence-corrected chi connectivity index (χ1v) is 8.10. The largest absolute Gasteiger partial charge is 0.465 e. The van der Waals surface area contributed by atoms with E-state index in [1.807, 2.05) is 0 Å². The average molecular weight is 296 g/mol. The molecule has 0 aromatic carbocycles. The third-order valence-corrected chi connectivity index (χ3v) is 3.80. The van der Waals surface area contributed by atoms with Crippen LogP contribution in [0.3, 0.4) is 0 Å². The molecule has 0 unspecified atom stereocenters. The summed E-state index contributed by atoms with van der Waals surface area (Å²) >= 11 is 0. The molecule has 0 aromatic rings. The van der Waals surface area contributed by atoms with Crippen molar-refractivity contribution in [3.63, 3.8) is 0 Å². The highest BCUT2D eigenvalue weighted by atomic mass is 16.5. The Balaban J connectivity index is 1.91. The van der Waals surface area contributed by atoms with Crippen LogP contribution in [-0.2, 0) is 19.1 Å². The van der Waals surface area contributed by atoms with E-state index in [0.717, 1.165) is 51.4 Å². The number of hydrogen-bond donors (Lipinski definition) is 0. The van der Waals surface area contributed by atoms with E-state index in [1.165, 1.54) is 6.42 Å². The Kier molecular flexibility index (Phi) is 8.79. The molecular formula is C17H28O4. The molecule has 0 bridgehead atoms. The van der Waals surface area contributed by atoms with Gasteiger partial charge in [0.2, 0.25) is 0 Å². The Hall–Kier alpha value is -1.32. The quantitative estimate of drug-likeness (QED) is 0.369. The van der Waals surface area contributed by atoms with Gasteiger partial charge in [0.25, 0.3) is 0 Å². The van der Waals surface area contributed by atoms with E-state index in [4.69, 9.17) is 9.47 Å². The van der Waals surface area contributed by atoms with Crippen LogP contribution in [0.1, 0.15) is 64.7 Å². The van der Waals surface area contributed by atoms with Gasteiger partial charge in [0.05, 0.1) is 19.1 Å². The normalized spacial score (nSPS) is 15.5. The van der Waals surface area contributed by atoms with Crippen LogP contribution in [0.25, 0.3) is 0 Å². The summed E-state index contributed by atoms with van der Waals surface area (Å²) in [5, 5.41) is 0. The summed E-state index contributed by atoms with van der Waals surface area (Å²) in [5.41, 5.74) is 0.435. The van der Waals surface area contributed by atoms with Crippen LogP contribution in [0.15, 0.2) is 12.2 Å². The van der Waals surface area contributed by atoms with Crippen LogP contribution in [0.5, 0.6) is 0 Å². The Morgan fingerprint density at radius 1 is 0.952 bits per heavy atom. The van der Waals surface area contributed by atoms with Gasteiger partial charge in [-0.3, -0.25) is 4.79 Å². The molecule has 0 radical (unpaired) electrons. The molecule has 0 aromatic heterocycles. The van der Waals surface area contributed by atoms with Crippen molar-refractivity contribution in [1.29, 1.82) is 0 Å². The van der Waals surface area contributed by atoms with E-state index in [0.29, 0.717) is 18.8 Å². The molecule has 1 rings (SSSR count). The van der Waals surface area contributed by atoms with Crippen LogP contribution in [0.4, 0.5) is 0 Å². The highest BCUT2D eigenvalue weighted by Gasteiger charge is 2.21. The van der Waals surface area contributed by atoms with Gasteiger partial charge in [0.1, 0.15) is 0 Å². The first-order valence-electron chi connectivity index (χ1n) is 8.10. The number of rotatable bonds is 9. The minimum Gasteiger partial charge on any atom is -0.465 e. The Morgan fingerprint density at radius 3 is 2.10 bits per heavy atom. The second-order valence-electron chi connectivity index (χ2n) is 5.83. The maximum Gasteiger partial charge on any atom is 0.333 e. The Labute approximate surface area is 127 Å². The molecule has 120 valence electrons. The third kappa shape index (κ3) is 7.88. The summed E-state index contributed by atoms with van der Waals surface area (Å²) in [6.07, 6.45) is 9.24. The molecule has 1 fully saturated rings. The van der Waals surface area contributed by atoms with E-state index >= 15 is 0 Å². The number of carbonyl (C=O) groups is 2. The van der Waals surface area contributed by atoms with E-state index in [1.54, 1.807) is 6.92 Å². The molecule has 4 nitrogen and oxygen atoms in total. The number of esters is 2. The van der Waals surface area contributed by atoms with Gasteiger partial charge < -0.3 is 9.47 Å². The highest BCUT2D eigenvalue weighted by molar-refractivity contribution is 5.86. The fourth-order valence-corrected chi connectivity index (χ4v) is 2.47. The molecule has 1 aliphatic carbocycles. The van der Waals surface area contributed by atoms with Gasteiger partial charge in [-0.2, -0.15) is 0 Å². The van der Waals surface area contributed by atoms with Gasteiger partial charge in [0, 0.05) is 5.57 Å². The predicted octanol–water partition coefficient (Wildman–Crippen LogP) is 3.79. The Bertz CT molecular complexity index is 343. The lowest BCUT2D eigenvalue weighted by Gasteiger charge is -2.19. The number of carbonyl (C=O) groups excluding carboxylic acids is 2. The Morgan fingerprint density at radius 2 is 1.52 bits per heavy atom. The fraction of sp³-hybridized carbons (Fsp3) is 0.765. The van der Waals surface area contributed by atoms with Crippen LogP contribution in [-0.4, -0.2) is 25.2 Å². The van der Waals surface area contributed by atoms with E-state index < -0.39 is 0 Å². The van der Waals surface area contributed by atoms with Crippen molar-refractivity contribution in [2.75, 3.05) is 13.2 Å². The van der Waals surface area contributed by atoms with Crippen molar-refractivity contribution in [3.8, 4) is 0 Å². The molecule has 0 saturated heterocycles. The zero-order valence-electron chi connectivity index (χ0n) is 13.2. The van der Waals surface area contributed by atoms with Crippen molar-refractivity contribution < 1.29 is 19.1 Å². The SMILES string of the molecule is C=C(C)C(=O)OCCCCCCOC(=O)C1CCCCC1. The van der Waals surface area contributed by atoms with E-state index in [2.05, 4.69) is 6.58 Å². The van der Waals surface area contributed by atoms with Gasteiger partial charge in [0.15, 0.2) is 0 Å². The summed E-state index contributed by atoms with van der Waals surface area (Å²) in [6.45, 7) is 6.12. The topological polar surface area (TPSA) is 52.6 Å². The van der Waals surface area contributed by atoms with Gasteiger partial charge in [-0.25, -0.2) is 4.79 Å². The van der Waals surface area contributed by atoms with Gasteiger partial charge in [-0.1, -0.05) is 25.8 Å². The first kappa shape index (κ1) is 17.7. The van der Waals surface area contributed by atoms with Crippen LogP contribution in [0, 0.1) is 5.92 Å². The van der Waals surface area contributed by atoms with Crippen molar-refractivity contribution in [3.05, 3.63) is 12.2 Å². The maximum absolute atomic E-state index is 11.8. The van der Waals surface area contributed by atoms with Gasteiger partial charge in [-0.05, 0) is 45.4 Å². The number of hydrogen-bond acceptors (Lipinski definition) is 4. The van der Waals surface area contributed by atoms with Gasteiger partial charge >= 0.3 is 11.9 Å². The summed E-state index contributed by atoms with van der Waals surface area (Å²) < 4.78 is 10.3. The zero-order chi connectivity index (χ0) is 15.5. The average Bonchev–Trinajstić information content (AvgIpc) is 2.50. The van der Waals surface area contributed by atoms with Crippen molar-refractivity contribution in [2.24, 2.45) is 5.92 Å². The molecule has 1 aliphatic rings. The summed E-state index contributed by atoms with van der Waals surface area (Å²) in [6, 6.07) is 0. The number of unbranched alkanes of at least 4 members (excludes halogenated alkanes) is 3. The fourth-order valence-electron chi connectivity index (χ4n) is 2.47. The molecule has 1 saturated carbocycles. The summed E-state index contributed by atoms with van der Waals surface area (Å²) in [7, 11) is 0. The second-order valence-corrected chi connectivity index (χ2v) is 5.83. The maximum atomic E-state index is 11.8. The van der Waals surface area contributed by atoms with E-state index in [-0.39, 0.29) is 17.9 Å². The molecule has 0 aliphatic heterocycles. The van der Waals surface area contributed by atoms with Crippen LogP contribution >= 0.6 is 0 Å². The van der Waals surface area contributed by atoms with Crippen LogP contribution < -0.4 is 0 Å². The lowest BCUT2D eigenvalue weighted by Crippen LogP contribution is -2.20. The van der Waals surface area contributed by atoms with Crippen molar-refractivity contribution >= 4 is 11.9 Å². The second kappa shape index (κ2) is 10.4. The molecule has 0 amide bonds. The molecule has 0 N–H and O–H groups in total. The highest BCUT2D eigenvalue weighted by Crippen LogP contribution is 2.24. The standard InChI is InChI=1S/C17H28O4/c1-14(2)16(18)20-12-8-3-4-9-13-21-17(19)15-10-6-5-7-11-15/h15H,1,3-13H2,2H3. The monoisotopic (exact) mass is 296 g/mol. The lowest BCUT2D eigenvalue weighted by atomic mass is 9.89. The minimum absolute atomic E-state index is 0.00918. The third-order valence-electron chi connectivity index (χ3n) is 3.80. The van der Waals surface area contributed by atoms with Crippen molar-refractivity contribution in [1.82, 2.24) is 0 Å². The van der Waals surface area contributed by atoms with Crippen molar-refractivity contribution in [2.45, 2.75) is 64.7 Å². The molecule has 0 atom stereocenters. The van der Waals surface area contributed by atoms with Gasteiger partial charge in [-0.15, -0.1) is 0 Å². The molecule has 21 heavy (non-hydrogen) atoms. The number of ether oxygens (including phenoxy) is 2. The summed E-state index contributed by atoms with van der Waals surface area (Å²) in [5.74, 6) is -0.193. The smallest absolute Gasteiger partial charge is 0.333 e. The molecular weight excluding hydrogens is 268 g/mol. The molecule has 0 heterocycles. The first-order chi connectivity index (χ1) is 10.1. The minimum atomic E-state index is -0.323. The lowest BCUT2D eigenvalue weighted by molar-refractivity contribution is -0.149.